The maximum absolute atomic E-state index is 11.5. The highest BCUT2D eigenvalue weighted by atomic mass is 16.2. The Balaban J connectivity index is 2.97. The summed E-state index contributed by atoms with van der Waals surface area (Å²) in [4.78, 5) is 34.1. The van der Waals surface area contributed by atoms with Gasteiger partial charge in [0.1, 0.15) is 0 Å². The van der Waals surface area contributed by atoms with Gasteiger partial charge in [-0.1, -0.05) is 18.2 Å². The molecule has 16 heavy (non-hydrogen) atoms. The number of nitrogens with one attached hydrogen (secondary N) is 1. The minimum atomic E-state index is -1.01. The molecule has 5 amide bonds. The lowest BCUT2D eigenvalue weighted by atomic mass is 10.3. The highest BCUT2D eigenvalue weighted by Crippen LogP contribution is 2.13. The number of nitrogens with zero attached hydrogens (tertiary/aromatic N) is 1. The molecule has 6 nitrogen and oxygen atoms in total. The largest absolute Gasteiger partial charge is 0.351 e. The Morgan fingerprint density at radius 3 is 2.19 bits per heavy atom. The number of anilines is 1. The molecule has 0 bridgehead atoms. The first kappa shape index (κ1) is 11.7. The van der Waals surface area contributed by atoms with E-state index in [0.29, 0.717) is 5.69 Å². The molecule has 0 saturated heterocycles. The molecule has 0 aliphatic heterocycles. The molecule has 0 aliphatic carbocycles. The van der Waals surface area contributed by atoms with Gasteiger partial charge in [-0.3, -0.25) is 10.1 Å². The van der Waals surface area contributed by atoms with Crippen LogP contribution in [0.3, 0.4) is 0 Å². The molecule has 1 rings (SSSR count). The van der Waals surface area contributed by atoms with Gasteiger partial charge in [0.25, 0.3) is 0 Å². The lowest BCUT2D eigenvalue weighted by Crippen LogP contribution is -2.47. The van der Waals surface area contributed by atoms with Gasteiger partial charge in [-0.15, -0.1) is 0 Å². The van der Waals surface area contributed by atoms with E-state index in [9.17, 15) is 14.4 Å². The van der Waals surface area contributed by atoms with Crippen LogP contribution < -0.4 is 16.0 Å². The monoisotopic (exact) mass is 221 g/mol. The molecule has 6 heteroatoms. The number of urea groups is 2. The van der Waals surface area contributed by atoms with E-state index in [0.717, 1.165) is 4.90 Å². The van der Waals surface area contributed by atoms with Crippen LogP contribution in [0.4, 0.5) is 15.3 Å². The summed E-state index contributed by atoms with van der Waals surface area (Å²) in [5.74, 6) is -0.509. The minimum absolute atomic E-state index is 0.369. The van der Waals surface area contributed by atoms with Gasteiger partial charge < -0.3 is 5.73 Å². The number of amides is 5. The van der Waals surface area contributed by atoms with E-state index in [1.165, 1.54) is 6.92 Å². The number of primary amides is 1. The van der Waals surface area contributed by atoms with E-state index >= 15 is 0 Å². The van der Waals surface area contributed by atoms with Crippen molar-refractivity contribution in [3.05, 3.63) is 30.3 Å². The second-order valence-electron chi connectivity index (χ2n) is 2.98. The summed E-state index contributed by atoms with van der Waals surface area (Å²) in [6, 6.07) is 6.35. The van der Waals surface area contributed by atoms with E-state index in [1.807, 2.05) is 5.32 Å². The van der Waals surface area contributed by atoms with Crippen LogP contribution in [0.25, 0.3) is 0 Å². The molecule has 84 valence electrons. The summed E-state index contributed by atoms with van der Waals surface area (Å²) in [6.07, 6.45) is 0. The predicted molar refractivity (Wildman–Crippen MR) is 57.7 cm³/mol. The molecule has 0 atom stereocenters. The first-order valence-corrected chi connectivity index (χ1v) is 4.48. The Labute approximate surface area is 92.0 Å². The third kappa shape index (κ3) is 2.81. The molecular weight excluding hydrogens is 210 g/mol. The van der Waals surface area contributed by atoms with Crippen LogP contribution in [0.2, 0.25) is 0 Å². The average molecular weight is 221 g/mol. The van der Waals surface area contributed by atoms with Gasteiger partial charge in [-0.05, 0) is 12.1 Å². The fraction of sp³-hybridized carbons (Fsp3) is 0.100. The standard InChI is InChI=1S/C10H11N3O3/c1-7(14)13(10(16)12-9(11)15)8-5-3-2-4-6-8/h2-6H,1H3,(H3,11,12,15,16). The number of nitrogens with two attached hydrogens (primary N) is 1. The Morgan fingerprint density at radius 1 is 1.19 bits per heavy atom. The van der Waals surface area contributed by atoms with Crippen molar-refractivity contribution in [3.8, 4) is 0 Å². The summed E-state index contributed by atoms with van der Waals surface area (Å²) in [5.41, 5.74) is 5.17. The fourth-order valence-corrected chi connectivity index (χ4v) is 1.18. The topological polar surface area (TPSA) is 92.5 Å². The molecule has 0 fully saturated rings. The number of imide groups is 2. The second kappa shape index (κ2) is 4.92. The zero-order valence-corrected chi connectivity index (χ0v) is 8.64. The van der Waals surface area contributed by atoms with Gasteiger partial charge in [-0.2, -0.15) is 0 Å². The van der Waals surface area contributed by atoms with Crippen LogP contribution >= 0.6 is 0 Å². The average Bonchev–Trinajstić information content (AvgIpc) is 2.17. The van der Waals surface area contributed by atoms with E-state index < -0.39 is 18.0 Å². The van der Waals surface area contributed by atoms with Crippen LogP contribution in [0.1, 0.15) is 6.92 Å². The van der Waals surface area contributed by atoms with Crippen molar-refractivity contribution in [1.29, 1.82) is 0 Å². The lowest BCUT2D eigenvalue weighted by Gasteiger charge is -2.18. The second-order valence-corrected chi connectivity index (χ2v) is 2.98. The van der Waals surface area contributed by atoms with Gasteiger partial charge >= 0.3 is 12.1 Å². The van der Waals surface area contributed by atoms with Crippen molar-refractivity contribution in [2.75, 3.05) is 4.90 Å². The van der Waals surface area contributed by atoms with Crippen molar-refractivity contribution in [2.24, 2.45) is 5.73 Å². The smallest absolute Gasteiger partial charge is 0.336 e. The summed E-state index contributed by atoms with van der Waals surface area (Å²) >= 11 is 0. The van der Waals surface area contributed by atoms with Crippen molar-refractivity contribution in [3.63, 3.8) is 0 Å². The van der Waals surface area contributed by atoms with Gasteiger partial charge in [0, 0.05) is 6.92 Å². The zero-order chi connectivity index (χ0) is 12.1. The predicted octanol–water partition coefficient (Wildman–Crippen LogP) is 0.828. The van der Waals surface area contributed by atoms with Crippen molar-refractivity contribution >= 4 is 23.7 Å². The Morgan fingerprint density at radius 2 is 1.75 bits per heavy atom. The van der Waals surface area contributed by atoms with Crippen molar-refractivity contribution in [1.82, 2.24) is 5.32 Å². The van der Waals surface area contributed by atoms with E-state index in [1.54, 1.807) is 30.3 Å². The molecule has 3 N–H and O–H groups in total. The molecule has 0 aliphatic rings. The van der Waals surface area contributed by atoms with Gasteiger partial charge in [-0.25, -0.2) is 14.5 Å². The summed E-state index contributed by atoms with van der Waals surface area (Å²) in [6.45, 7) is 1.22. The molecule has 0 unspecified atom stereocenters. The highest BCUT2D eigenvalue weighted by molar-refractivity contribution is 6.16. The molecule has 1 aromatic carbocycles. The van der Waals surface area contributed by atoms with Crippen LogP contribution in [0.15, 0.2) is 30.3 Å². The Hall–Kier alpha value is -2.37. The SMILES string of the molecule is CC(=O)N(C(=O)NC(N)=O)c1ccccc1. The van der Waals surface area contributed by atoms with E-state index in [4.69, 9.17) is 5.73 Å². The number of rotatable bonds is 1. The van der Waals surface area contributed by atoms with Gasteiger partial charge in [0.05, 0.1) is 5.69 Å². The quantitative estimate of drug-likeness (QED) is 0.735. The molecule has 0 heterocycles. The van der Waals surface area contributed by atoms with Gasteiger partial charge in [0.15, 0.2) is 0 Å². The zero-order valence-electron chi connectivity index (χ0n) is 8.64. The number of carbonyl (C=O) groups is 3. The molecule has 0 saturated carbocycles. The first-order chi connectivity index (χ1) is 7.52. The van der Waals surface area contributed by atoms with Crippen molar-refractivity contribution < 1.29 is 14.4 Å². The third-order valence-electron chi connectivity index (χ3n) is 1.76. The number of benzene rings is 1. The Kier molecular flexibility index (Phi) is 3.60. The molecular formula is C10H11N3O3. The normalized spacial score (nSPS) is 9.31. The van der Waals surface area contributed by atoms with Crippen LogP contribution in [-0.4, -0.2) is 18.0 Å². The minimum Gasteiger partial charge on any atom is -0.351 e. The van der Waals surface area contributed by atoms with E-state index in [-0.39, 0.29) is 0 Å². The van der Waals surface area contributed by atoms with Crippen LogP contribution in [0.5, 0.6) is 0 Å². The van der Waals surface area contributed by atoms with E-state index in [2.05, 4.69) is 0 Å². The number of hydrogen-bond donors (Lipinski definition) is 2. The maximum Gasteiger partial charge on any atom is 0.336 e. The van der Waals surface area contributed by atoms with Gasteiger partial charge in [0.2, 0.25) is 5.91 Å². The molecule has 0 spiro atoms. The lowest BCUT2D eigenvalue weighted by molar-refractivity contribution is -0.115. The summed E-state index contributed by atoms with van der Waals surface area (Å²) in [7, 11) is 0. The maximum atomic E-state index is 11.5. The first-order valence-electron chi connectivity index (χ1n) is 4.48. The fourth-order valence-electron chi connectivity index (χ4n) is 1.18. The Bertz CT molecular complexity index is 417. The number of carbonyl (C=O) groups excluding carboxylic acids is 3. The van der Waals surface area contributed by atoms with Crippen LogP contribution in [0, 0.1) is 0 Å². The number of hydrogen-bond acceptors (Lipinski definition) is 3. The number of para-hydroxylation sites is 1. The third-order valence-corrected chi connectivity index (χ3v) is 1.76. The van der Waals surface area contributed by atoms with Crippen LogP contribution in [-0.2, 0) is 4.79 Å². The molecule has 1 aromatic rings. The summed E-state index contributed by atoms with van der Waals surface area (Å²) in [5, 5.41) is 1.83. The molecule has 0 aromatic heterocycles. The summed E-state index contributed by atoms with van der Waals surface area (Å²) < 4.78 is 0. The van der Waals surface area contributed by atoms with Crippen molar-refractivity contribution in [2.45, 2.75) is 6.92 Å². The molecule has 0 radical (unpaired) electrons. The highest BCUT2D eigenvalue weighted by Gasteiger charge is 2.20.